The molecule has 0 heteroatoms. The maximum absolute atomic E-state index is 2.24. The van der Waals surface area contributed by atoms with E-state index in [0.29, 0.717) is 0 Å². The fraction of sp³-hybridized carbons (Fsp3) is 0.136. The van der Waals surface area contributed by atoms with Gasteiger partial charge in [-0.15, -0.1) is 0 Å². The van der Waals surface area contributed by atoms with Crippen LogP contribution in [0.25, 0.3) is 53.9 Å². The smallest absolute Gasteiger partial charge is 0.0105 e. The highest BCUT2D eigenvalue weighted by atomic mass is 14.0. The zero-order valence-corrected chi connectivity index (χ0v) is 27.2. The fourth-order valence-electron chi connectivity index (χ4n) is 4.97. The third-order valence-electron chi connectivity index (χ3n) is 6.93. The molecular formula is C44H46. The molecule has 0 N–H and O–H groups in total. The summed E-state index contributed by atoms with van der Waals surface area (Å²) in [5.74, 6) is 0. The van der Waals surface area contributed by atoms with Crippen LogP contribution >= 0.6 is 0 Å². The molecule has 0 saturated carbocycles. The first-order valence-electron chi connectivity index (χ1n) is 16.0. The highest BCUT2D eigenvalue weighted by Gasteiger charge is 1.97. The molecule has 0 atom stereocenters. The second-order valence-electron chi connectivity index (χ2n) is 9.40. The molecule has 0 bridgehead atoms. The average Bonchev–Trinajstić information content (AvgIpc) is 3.14. The van der Waals surface area contributed by atoms with Crippen molar-refractivity contribution in [2.45, 2.75) is 41.5 Å². The van der Waals surface area contributed by atoms with E-state index >= 15 is 0 Å². The van der Waals surface area contributed by atoms with Gasteiger partial charge in [0.05, 0.1) is 0 Å². The van der Waals surface area contributed by atoms with Gasteiger partial charge in [-0.3, -0.25) is 0 Å². The molecule has 44 heavy (non-hydrogen) atoms. The van der Waals surface area contributed by atoms with Crippen LogP contribution in [-0.4, -0.2) is 0 Å². The lowest BCUT2D eigenvalue weighted by atomic mass is 10.0. The zero-order chi connectivity index (χ0) is 31.6. The molecule has 0 spiro atoms. The predicted molar refractivity (Wildman–Crippen MR) is 201 cm³/mol. The lowest BCUT2D eigenvalue weighted by Gasteiger charge is -2.02. The summed E-state index contributed by atoms with van der Waals surface area (Å²) in [7, 11) is 0. The van der Waals surface area contributed by atoms with E-state index in [9.17, 15) is 0 Å². The van der Waals surface area contributed by atoms with E-state index in [-0.39, 0.29) is 0 Å². The number of rotatable bonds is 0. The van der Waals surface area contributed by atoms with Crippen molar-refractivity contribution in [3.05, 3.63) is 170 Å². The first kappa shape index (κ1) is 33.6. The molecule has 0 aliphatic rings. The van der Waals surface area contributed by atoms with Crippen LogP contribution in [-0.2, 0) is 0 Å². The van der Waals surface area contributed by atoms with Gasteiger partial charge in [-0.2, -0.15) is 0 Å². The van der Waals surface area contributed by atoms with E-state index in [0.717, 1.165) is 0 Å². The van der Waals surface area contributed by atoms with Crippen LogP contribution in [0.2, 0.25) is 0 Å². The first-order chi connectivity index (χ1) is 21.8. The Bertz CT molecular complexity index is 1740. The molecule has 222 valence electrons. The maximum Gasteiger partial charge on any atom is -0.0105 e. The summed E-state index contributed by atoms with van der Waals surface area (Å²) in [6, 6.07) is 59.5. The van der Waals surface area contributed by atoms with Crippen molar-refractivity contribution >= 4 is 53.9 Å². The molecule has 0 heterocycles. The topological polar surface area (TPSA) is 0 Å². The van der Waals surface area contributed by atoms with Gasteiger partial charge >= 0.3 is 0 Å². The molecule has 0 nitrogen and oxygen atoms in total. The van der Waals surface area contributed by atoms with Crippen molar-refractivity contribution in [3.63, 3.8) is 0 Å². The lowest BCUT2D eigenvalue weighted by molar-refractivity contribution is 1.50. The van der Waals surface area contributed by atoms with E-state index in [1.54, 1.807) is 0 Å². The van der Waals surface area contributed by atoms with Crippen molar-refractivity contribution in [3.8, 4) is 0 Å². The molecular weight excluding hydrogens is 528 g/mol. The highest BCUT2D eigenvalue weighted by Crippen LogP contribution is 2.25. The quantitative estimate of drug-likeness (QED) is 0.125. The van der Waals surface area contributed by atoms with Gasteiger partial charge < -0.3 is 0 Å². The standard InChI is InChI=1S/2C14H10.C10H8.3C2H6/c1-3-7-13-11(5-1)9-10-12-6-2-4-8-14(12)13;1-2-6-12-10-14-8-4-3-7-13(14)9-11(12)5-1;1-2-6-10-8-4-3-7-9(10)5-1;3*1-2/h2*1-10H;1-8H;3*1-2H3. The third-order valence-corrected chi connectivity index (χ3v) is 6.93. The minimum absolute atomic E-state index is 1.31. The van der Waals surface area contributed by atoms with Crippen LogP contribution in [0.15, 0.2) is 170 Å². The van der Waals surface area contributed by atoms with Crippen molar-refractivity contribution in [2.75, 3.05) is 0 Å². The highest BCUT2D eigenvalue weighted by molar-refractivity contribution is 6.07. The van der Waals surface area contributed by atoms with Crippen LogP contribution in [0.4, 0.5) is 0 Å². The molecule has 8 aromatic carbocycles. The number of fused-ring (bicyclic) bond motifs is 6. The van der Waals surface area contributed by atoms with Gasteiger partial charge in [0.15, 0.2) is 0 Å². The maximum atomic E-state index is 2.24. The third kappa shape index (κ3) is 8.79. The lowest BCUT2D eigenvalue weighted by Crippen LogP contribution is -1.75. The van der Waals surface area contributed by atoms with E-state index in [4.69, 9.17) is 0 Å². The summed E-state index contributed by atoms with van der Waals surface area (Å²) in [4.78, 5) is 0. The van der Waals surface area contributed by atoms with Gasteiger partial charge in [0.25, 0.3) is 0 Å². The fourth-order valence-corrected chi connectivity index (χ4v) is 4.97. The van der Waals surface area contributed by atoms with E-state index in [2.05, 4.69) is 170 Å². The van der Waals surface area contributed by atoms with Crippen LogP contribution in [0.3, 0.4) is 0 Å². The molecule has 0 aliphatic heterocycles. The van der Waals surface area contributed by atoms with Crippen molar-refractivity contribution in [2.24, 2.45) is 0 Å². The second kappa shape index (κ2) is 18.6. The van der Waals surface area contributed by atoms with Gasteiger partial charge in [0.1, 0.15) is 0 Å². The summed E-state index contributed by atoms with van der Waals surface area (Å²) in [5, 5.41) is 13.2. The molecule has 0 aromatic heterocycles. The molecule has 0 radical (unpaired) electrons. The first-order valence-corrected chi connectivity index (χ1v) is 16.0. The summed E-state index contributed by atoms with van der Waals surface area (Å²) in [5.41, 5.74) is 0. The Morgan fingerprint density at radius 1 is 0.205 bits per heavy atom. The Morgan fingerprint density at radius 3 is 0.682 bits per heavy atom. The summed E-state index contributed by atoms with van der Waals surface area (Å²) < 4.78 is 0. The van der Waals surface area contributed by atoms with Crippen molar-refractivity contribution < 1.29 is 0 Å². The zero-order valence-electron chi connectivity index (χ0n) is 27.2. The molecule has 0 unspecified atom stereocenters. The Labute approximate surface area is 264 Å². The predicted octanol–water partition coefficient (Wildman–Crippen LogP) is 13.9. The van der Waals surface area contributed by atoms with Crippen LogP contribution in [0.1, 0.15) is 41.5 Å². The molecule has 0 amide bonds. The van der Waals surface area contributed by atoms with E-state index in [1.165, 1.54) is 53.9 Å². The molecule has 8 aromatic rings. The largest absolute Gasteiger partial charge is 0.0683 e. The van der Waals surface area contributed by atoms with Crippen LogP contribution in [0.5, 0.6) is 0 Å². The Hall–Kier alpha value is -4.94. The summed E-state index contributed by atoms with van der Waals surface area (Å²) >= 11 is 0. The Kier molecular flexibility index (Phi) is 14.2. The van der Waals surface area contributed by atoms with Gasteiger partial charge in [-0.25, -0.2) is 0 Å². The molecule has 0 saturated heterocycles. The Morgan fingerprint density at radius 2 is 0.409 bits per heavy atom. The van der Waals surface area contributed by atoms with Crippen molar-refractivity contribution in [1.82, 2.24) is 0 Å². The normalized spacial score (nSPS) is 9.59. The SMILES string of the molecule is CC.CC.CC.c1ccc2c(c1)ccc1ccccc12.c1ccc2cc3ccccc3cc2c1.c1ccc2ccccc2c1. The van der Waals surface area contributed by atoms with E-state index < -0.39 is 0 Å². The van der Waals surface area contributed by atoms with Crippen molar-refractivity contribution in [1.29, 1.82) is 0 Å². The van der Waals surface area contributed by atoms with E-state index in [1.807, 2.05) is 41.5 Å². The van der Waals surface area contributed by atoms with Gasteiger partial charge in [-0.05, 0) is 66.0 Å². The molecule has 8 rings (SSSR count). The van der Waals surface area contributed by atoms with Crippen LogP contribution in [0, 0.1) is 0 Å². The minimum Gasteiger partial charge on any atom is -0.0683 e. The van der Waals surface area contributed by atoms with Crippen LogP contribution < -0.4 is 0 Å². The monoisotopic (exact) mass is 574 g/mol. The summed E-state index contributed by atoms with van der Waals surface area (Å²) in [6.07, 6.45) is 0. The Balaban J connectivity index is 0.000000168. The number of benzene rings is 8. The number of hydrogen-bond acceptors (Lipinski definition) is 0. The van der Waals surface area contributed by atoms with Gasteiger partial charge in [0.2, 0.25) is 0 Å². The van der Waals surface area contributed by atoms with Gasteiger partial charge in [0, 0.05) is 0 Å². The van der Waals surface area contributed by atoms with Gasteiger partial charge in [-0.1, -0.05) is 199 Å². The second-order valence-corrected chi connectivity index (χ2v) is 9.40. The molecule has 0 fully saturated rings. The molecule has 0 aliphatic carbocycles. The minimum atomic E-state index is 1.31. The average molecular weight is 575 g/mol. The summed E-state index contributed by atoms with van der Waals surface area (Å²) in [6.45, 7) is 12.0. The number of hydrogen-bond donors (Lipinski definition) is 0.